The summed E-state index contributed by atoms with van der Waals surface area (Å²) in [6.45, 7) is 3.30. The molecule has 1 aliphatic rings. The maximum Gasteiger partial charge on any atom is 0.0803 e. The molecule has 122 valence electrons. The fourth-order valence-corrected chi connectivity index (χ4v) is 3.45. The van der Waals surface area contributed by atoms with Crippen molar-refractivity contribution in [1.82, 2.24) is 20.2 Å². The molecule has 0 bridgehead atoms. The van der Waals surface area contributed by atoms with Crippen molar-refractivity contribution in [1.29, 1.82) is 0 Å². The van der Waals surface area contributed by atoms with Crippen molar-refractivity contribution < 1.29 is 0 Å². The summed E-state index contributed by atoms with van der Waals surface area (Å²) in [5, 5.41) is 4.19. The van der Waals surface area contributed by atoms with Crippen LogP contribution in [0.15, 0.2) is 42.9 Å². The van der Waals surface area contributed by atoms with E-state index in [0.29, 0.717) is 0 Å². The van der Waals surface area contributed by atoms with Crippen LogP contribution < -0.4 is 5.32 Å². The number of rotatable bonds is 5. The number of nitrogens with zero attached hydrogens (tertiary/aromatic N) is 3. The van der Waals surface area contributed by atoms with Crippen LogP contribution in [0.5, 0.6) is 0 Å². The van der Waals surface area contributed by atoms with Crippen LogP contribution in [-0.2, 0) is 0 Å². The molecule has 1 atom stereocenters. The van der Waals surface area contributed by atoms with E-state index in [0.717, 1.165) is 36.3 Å². The molecule has 1 aromatic heterocycles. The fraction of sp³-hybridized carbons (Fsp3) is 0.444. The molecule has 1 aliphatic heterocycles. The van der Waals surface area contributed by atoms with E-state index in [1.807, 2.05) is 18.3 Å². The first-order valence-corrected chi connectivity index (χ1v) is 8.54. The predicted molar refractivity (Wildman–Crippen MR) is 93.6 cm³/mol. The molecule has 1 fully saturated rings. The number of nitrogens with one attached hydrogen (secondary N) is 1. The van der Waals surface area contributed by atoms with E-state index in [1.54, 1.807) is 12.4 Å². The highest BCUT2D eigenvalue weighted by Crippen LogP contribution is 2.28. The van der Waals surface area contributed by atoms with E-state index in [9.17, 15) is 0 Å². The van der Waals surface area contributed by atoms with Crippen LogP contribution in [0.2, 0.25) is 5.02 Å². The highest BCUT2D eigenvalue weighted by molar-refractivity contribution is 6.30. The van der Waals surface area contributed by atoms with Crippen LogP contribution >= 0.6 is 11.6 Å². The highest BCUT2D eigenvalue weighted by atomic mass is 35.5. The second kappa shape index (κ2) is 7.86. The molecular formula is C18H23ClN4. The van der Waals surface area contributed by atoms with Crippen molar-refractivity contribution in [2.75, 3.05) is 26.7 Å². The Hall–Kier alpha value is -1.49. The lowest BCUT2D eigenvalue weighted by molar-refractivity contribution is 0.205. The lowest BCUT2D eigenvalue weighted by atomic mass is 9.95. The molecule has 1 unspecified atom stereocenters. The van der Waals surface area contributed by atoms with Gasteiger partial charge in [-0.05, 0) is 56.6 Å². The average Bonchev–Trinajstić information content (AvgIpc) is 2.59. The molecule has 0 saturated carbocycles. The zero-order valence-corrected chi connectivity index (χ0v) is 14.2. The summed E-state index contributed by atoms with van der Waals surface area (Å²) in [7, 11) is 2.18. The largest absolute Gasteiger partial charge is 0.317 e. The number of aromatic nitrogens is 2. The first-order valence-electron chi connectivity index (χ1n) is 8.16. The van der Waals surface area contributed by atoms with Gasteiger partial charge in [0.1, 0.15) is 0 Å². The molecule has 0 radical (unpaired) electrons. The summed E-state index contributed by atoms with van der Waals surface area (Å²) < 4.78 is 0. The summed E-state index contributed by atoms with van der Waals surface area (Å²) in [6, 6.07) is 8.16. The predicted octanol–water partition coefficient (Wildman–Crippen LogP) is 3.15. The van der Waals surface area contributed by atoms with Crippen LogP contribution in [0.3, 0.4) is 0 Å². The quantitative estimate of drug-likeness (QED) is 0.914. The van der Waals surface area contributed by atoms with Crippen LogP contribution in [0.25, 0.3) is 0 Å². The van der Waals surface area contributed by atoms with Gasteiger partial charge >= 0.3 is 0 Å². The Morgan fingerprint density at radius 3 is 2.61 bits per heavy atom. The Kier molecular flexibility index (Phi) is 5.60. The third-order valence-electron chi connectivity index (χ3n) is 4.49. The maximum atomic E-state index is 6.05. The first-order chi connectivity index (χ1) is 11.2. The number of piperidine rings is 1. The van der Waals surface area contributed by atoms with Gasteiger partial charge in [0.15, 0.2) is 0 Å². The molecule has 3 rings (SSSR count). The fourth-order valence-electron chi connectivity index (χ4n) is 3.32. The minimum Gasteiger partial charge on any atom is -0.317 e. The van der Waals surface area contributed by atoms with Crippen molar-refractivity contribution in [3.05, 3.63) is 59.1 Å². The molecular weight excluding hydrogens is 308 g/mol. The van der Waals surface area contributed by atoms with Crippen molar-refractivity contribution in [2.45, 2.75) is 18.9 Å². The summed E-state index contributed by atoms with van der Waals surface area (Å²) in [5.74, 6) is 0.729. The van der Waals surface area contributed by atoms with E-state index in [1.165, 1.54) is 18.4 Å². The number of benzene rings is 1. The van der Waals surface area contributed by atoms with Gasteiger partial charge in [-0.2, -0.15) is 0 Å². The molecule has 1 aromatic carbocycles. The molecule has 1 saturated heterocycles. The number of hydrogen-bond acceptors (Lipinski definition) is 4. The van der Waals surface area contributed by atoms with Gasteiger partial charge in [-0.1, -0.05) is 23.7 Å². The minimum atomic E-state index is 0.107. The molecule has 1 N–H and O–H groups in total. The van der Waals surface area contributed by atoms with E-state index in [-0.39, 0.29) is 6.04 Å². The third kappa shape index (κ3) is 4.28. The minimum absolute atomic E-state index is 0.107. The molecule has 4 nitrogen and oxygen atoms in total. The van der Waals surface area contributed by atoms with Gasteiger partial charge < -0.3 is 5.32 Å². The van der Waals surface area contributed by atoms with Crippen LogP contribution in [0.1, 0.15) is 30.1 Å². The van der Waals surface area contributed by atoms with Crippen molar-refractivity contribution in [3.63, 3.8) is 0 Å². The second-order valence-electron chi connectivity index (χ2n) is 6.22. The molecule has 5 heteroatoms. The smallest absolute Gasteiger partial charge is 0.0803 e. The summed E-state index contributed by atoms with van der Waals surface area (Å²) in [5.41, 5.74) is 2.18. The van der Waals surface area contributed by atoms with Gasteiger partial charge in [0.2, 0.25) is 0 Å². The number of hydrogen-bond donors (Lipinski definition) is 1. The van der Waals surface area contributed by atoms with E-state index >= 15 is 0 Å². The van der Waals surface area contributed by atoms with Gasteiger partial charge in [-0.15, -0.1) is 0 Å². The van der Waals surface area contributed by atoms with E-state index in [2.05, 4.69) is 39.4 Å². The van der Waals surface area contributed by atoms with Crippen LogP contribution in [-0.4, -0.2) is 41.5 Å². The summed E-state index contributed by atoms with van der Waals surface area (Å²) >= 11 is 6.05. The Bertz CT molecular complexity index is 596. The highest BCUT2D eigenvalue weighted by Gasteiger charge is 2.24. The van der Waals surface area contributed by atoms with Crippen molar-refractivity contribution >= 4 is 11.6 Å². The van der Waals surface area contributed by atoms with Gasteiger partial charge in [0.05, 0.1) is 17.9 Å². The van der Waals surface area contributed by atoms with Crippen LogP contribution in [0.4, 0.5) is 0 Å². The molecule has 0 spiro atoms. The number of halogens is 1. The summed E-state index contributed by atoms with van der Waals surface area (Å²) in [6.07, 6.45) is 7.81. The second-order valence-corrected chi connectivity index (χ2v) is 6.65. The molecule has 23 heavy (non-hydrogen) atoms. The van der Waals surface area contributed by atoms with Crippen molar-refractivity contribution in [3.8, 4) is 0 Å². The van der Waals surface area contributed by atoms with Crippen molar-refractivity contribution in [2.24, 2.45) is 5.92 Å². The zero-order valence-electron chi connectivity index (χ0n) is 13.5. The van der Waals surface area contributed by atoms with Gasteiger partial charge in [0, 0.05) is 24.0 Å². The Balaban J connectivity index is 1.83. The third-order valence-corrected chi connectivity index (χ3v) is 4.75. The van der Waals surface area contributed by atoms with Gasteiger partial charge in [-0.3, -0.25) is 14.9 Å². The lowest BCUT2D eigenvalue weighted by Gasteiger charge is -2.33. The molecule has 2 heterocycles. The van der Waals surface area contributed by atoms with E-state index < -0.39 is 0 Å². The SMILES string of the molecule is CN(CC1CCNCC1)C(c1ccc(Cl)cc1)c1cnccn1. The van der Waals surface area contributed by atoms with E-state index in [4.69, 9.17) is 11.6 Å². The lowest BCUT2D eigenvalue weighted by Crippen LogP contribution is -2.36. The average molecular weight is 331 g/mol. The first kappa shape index (κ1) is 16.4. The van der Waals surface area contributed by atoms with Gasteiger partial charge in [-0.25, -0.2) is 0 Å². The Morgan fingerprint density at radius 2 is 1.96 bits per heavy atom. The normalized spacial score (nSPS) is 17.3. The molecule has 0 aliphatic carbocycles. The van der Waals surface area contributed by atoms with Crippen LogP contribution in [0, 0.1) is 5.92 Å². The maximum absolute atomic E-state index is 6.05. The van der Waals surface area contributed by atoms with Gasteiger partial charge in [0.25, 0.3) is 0 Å². The molecule has 0 amide bonds. The molecule has 2 aromatic rings. The Labute approximate surface area is 142 Å². The topological polar surface area (TPSA) is 41.0 Å². The monoisotopic (exact) mass is 330 g/mol. The summed E-state index contributed by atoms with van der Waals surface area (Å²) in [4.78, 5) is 11.2. The standard InChI is InChI=1S/C18H23ClN4/c1-23(13-14-6-8-20-9-7-14)18(17-12-21-10-11-22-17)15-2-4-16(19)5-3-15/h2-5,10-12,14,18,20H,6-9,13H2,1H3. The Morgan fingerprint density at radius 1 is 1.22 bits per heavy atom. The zero-order chi connectivity index (χ0) is 16.1.